The van der Waals surface area contributed by atoms with Crippen LogP contribution in [-0.2, 0) is 11.2 Å². The average molecular weight is 290 g/mol. The molecule has 3 nitrogen and oxygen atoms in total. The molecular weight excluding hydrogens is 273 g/mol. The van der Waals surface area contributed by atoms with Crippen molar-refractivity contribution in [2.45, 2.75) is 31.9 Å². The monoisotopic (exact) mass is 290 g/mol. The second-order valence-electron chi connectivity index (χ2n) is 4.37. The molecule has 0 fully saturated rings. The van der Waals surface area contributed by atoms with E-state index >= 15 is 0 Å². The molecule has 0 unspecified atom stereocenters. The molecule has 0 saturated carbocycles. The fraction of sp³-hybridized carbons (Fsp3) is 0.500. The second kappa shape index (κ2) is 7.17. The van der Waals surface area contributed by atoms with Gasteiger partial charge in [-0.1, -0.05) is 6.07 Å². The molecule has 0 atom stereocenters. The van der Waals surface area contributed by atoms with E-state index in [0.29, 0.717) is 17.1 Å². The highest BCUT2D eigenvalue weighted by molar-refractivity contribution is 5.81. The number of carbonyl (C=O) groups excluding carboxylic acids is 1. The number of rotatable bonds is 7. The third-order valence-electron chi connectivity index (χ3n) is 2.77. The van der Waals surface area contributed by atoms with Crippen molar-refractivity contribution in [2.75, 3.05) is 14.2 Å². The number of hydrogen-bond donors (Lipinski definition) is 0. The van der Waals surface area contributed by atoms with Crippen molar-refractivity contribution >= 4 is 5.78 Å². The van der Waals surface area contributed by atoms with Gasteiger partial charge in [0.05, 0.1) is 14.2 Å². The van der Waals surface area contributed by atoms with Gasteiger partial charge in [0.2, 0.25) is 0 Å². The Morgan fingerprint density at radius 1 is 1.15 bits per heavy atom. The largest absolute Gasteiger partial charge is 0.493 e. The van der Waals surface area contributed by atoms with Crippen molar-refractivity contribution in [1.29, 1.82) is 0 Å². The van der Waals surface area contributed by atoms with Gasteiger partial charge in [0, 0.05) is 19.3 Å². The molecule has 0 heterocycles. The minimum absolute atomic E-state index is 0.0755. The molecule has 0 aliphatic carbocycles. The molecular formula is C14H17F3O3. The molecule has 0 bridgehead atoms. The molecule has 6 heteroatoms. The smallest absolute Gasteiger partial charge is 0.389 e. The van der Waals surface area contributed by atoms with Crippen molar-refractivity contribution in [1.82, 2.24) is 0 Å². The Kier molecular flexibility index (Phi) is 5.85. The van der Waals surface area contributed by atoms with E-state index in [2.05, 4.69) is 0 Å². The van der Waals surface area contributed by atoms with Crippen LogP contribution in [0.25, 0.3) is 0 Å². The SMILES string of the molecule is COc1ccc(CC(=O)CCCC(F)(F)F)cc1OC. The number of methoxy groups -OCH3 is 2. The zero-order valence-electron chi connectivity index (χ0n) is 11.4. The van der Waals surface area contributed by atoms with Crippen molar-refractivity contribution in [3.8, 4) is 11.5 Å². The van der Waals surface area contributed by atoms with Gasteiger partial charge in [-0.05, 0) is 24.1 Å². The van der Waals surface area contributed by atoms with Gasteiger partial charge in [-0.3, -0.25) is 4.79 Å². The molecule has 0 aliphatic heterocycles. The molecule has 0 aliphatic rings. The van der Waals surface area contributed by atoms with E-state index in [9.17, 15) is 18.0 Å². The Bertz CT molecular complexity index is 455. The van der Waals surface area contributed by atoms with E-state index in [1.807, 2.05) is 0 Å². The van der Waals surface area contributed by atoms with Crippen LogP contribution in [0.4, 0.5) is 13.2 Å². The predicted octanol–water partition coefficient (Wildman–Crippen LogP) is 3.55. The zero-order chi connectivity index (χ0) is 15.2. The Balaban J connectivity index is 2.54. The number of benzene rings is 1. The molecule has 0 saturated heterocycles. The van der Waals surface area contributed by atoms with E-state index in [0.717, 1.165) is 0 Å². The van der Waals surface area contributed by atoms with Crippen LogP contribution in [0.1, 0.15) is 24.8 Å². The molecule has 1 aromatic rings. The molecule has 0 amide bonds. The Labute approximate surface area is 115 Å². The van der Waals surface area contributed by atoms with Gasteiger partial charge in [0.15, 0.2) is 11.5 Å². The molecule has 1 rings (SSSR count). The minimum atomic E-state index is -4.20. The zero-order valence-corrected chi connectivity index (χ0v) is 11.4. The highest BCUT2D eigenvalue weighted by Crippen LogP contribution is 2.28. The standard InChI is InChI=1S/C14H17F3O3/c1-19-12-6-5-10(9-13(12)20-2)8-11(18)4-3-7-14(15,16)17/h5-6,9H,3-4,7-8H2,1-2H3. The van der Waals surface area contributed by atoms with Crippen LogP contribution >= 0.6 is 0 Å². The quantitative estimate of drug-likeness (QED) is 0.770. The van der Waals surface area contributed by atoms with E-state index in [1.165, 1.54) is 14.2 Å². The van der Waals surface area contributed by atoms with Crippen molar-refractivity contribution < 1.29 is 27.4 Å². The molecule has 0 spiro atoms. The topological polar surface area (TPSA) is 35.5 Å². The fourth-order valence-electron chi connectivity index (χ4n) is 1.79. The summed E-state index contributed by atoms with van der Waals surface area (Å²) in [5, 5.41) is 0. The summed E-state index contributed by atoms with van der Waals surface area (Å²) < 4.78 is 46.1. The van der Waals surface area contributed by atoms with Crippen LogP contribution in [0.5, 0.6) is 11.5 Å². The van der Waals surface area contributed by atoms with Crippen LogP contribution in [0, 0.1) is 0 Å². The first-order chi connectivity index (χ1) is 9.35. The normalized spacial score (nSPS) is 11.2. The van der Waals surface area contributed by atoms with Crippen LogP contribution in [0.15, 0.2) is 18.2 Å². The summed E-state index contributed by atoms with van der Waals surface area (Å²) in [5.74, 6) is 0.815. The van der Waals surface area contributed by atoms with Crippen molar-refractivity contribution in [3.63, 3.8) is 0 Å². The number of hydrogen-bond acceptors (Lipinski definition) is 3. The summed E-state index contributed by atoms with van der Waals surface area (Å²) in [4.78, 5) is 11.6. The van der Waals surface area contributed by atoms with Gasteiger partial charge in [-0.15, -0.1) is 0 Å². The number of ketones is 1. The van der Waals surface area contributed by atoms with Gasteiger partial charge in [-0.2, -0.15) is 13.2 Å². The summed E-state index contributed by atoms with van der Waals surface area (Å²) in [6.07, 6.45) is -5.28. The van der Waals surface area contributed by atoms with E-state index in [4.69, 9.17) is 9.47 Å². The minimum Gasteiger partial charge on any atom is -0.493 e. The number of carbonyl (C=O) groups is 1. The first kappa shape index (κ1) is 16.3. The Morgan fingerprint density at radius 2 is 1.80 bits per heavy atom. The van der Waals surface area contributed by atoms with Crippen LogP contribution in [-0.4, -0.2) is 26.2 Å². The summed E-state index contributed by atoms with van der Waals surface area (Å²) in [6.45, 7) is 0. The highest BCUT2D eigenvalue weighted by atomic mass is 19.4. The lowest BCUT2D eigenvalue weighted by molar-refractivity contribution is -0.137. The predicted molar refractivity (Wildman–Crippen MR) is 68.2 cm³/mol. The summed E-state index contributed by atoms with van der Waals surface area (Å²) in [5.41, 5.74) is 0.694. The van der Waals surface area contributed by atoms with E-state index < -0.39 is 12.6 Å². The van der Waals surface area contributed by atoms with Gasteiger partial charge < -0.3 is 9.47 Å². The summed E-state index contributed by atoms with van der Waals surface area (Å²) >= 11 is 0. The average Bonchev–Trinajstić information content (AvgIpc) is 2.37. The third kappa shape index (κ3) is 5.50. The summed E-state index contributed by atoms with van der Waals surface area (Å²) in [7, 11) is 2.98. The number of Topliss-reactive ketones (excluding diaryl/α,β-unsaturated/α-hetero) is 1. The maximum absolute atomic E-state index is 12.0. The molecule has 1 aromatic carbocycles. The number of alkyl halides is 3. The Morgan fingerprint density at radius 3 is 2.35 bits per heavy atom. The fourth-order valence-corrected chi connectivity index (χ4v) is 1.79. The summed E-state index contributed by atoms with van der Waals surface area (Å²) in [6, 6.07) is 5.01. The van der Waals surface area contributed by atoms with Crippen LogP contribution in [0.2, 0.25) is 0 Å². The lowest BCUT2D eigenvalue weighted by atomic mass is 10.0. The van der Waals surface area contributed by atoms with Crippen molar-refractivity contribution in [2.24, 2.45) is 0 Å². The molecule has 0 N–H and O–H groups in total. The molecule has 0 aromatic heterocycles. The molecule has 20 heavy (non-hydrogen) atoms. The van der Waals surface area contributed by atoms with Gasteiger partial charge >= 0.3 is 6.18 Å². The van der Waals surface area contributed by atoms with Gasteiger partial charge in [0.1, 0.15) is 5.78 Å². The lowest BCUT2D eigenvalue weighted by Crippen LogP contribution is -2.09. The van der Waals surface area contributed by atoms with Gasteiger partial charge in [-0.25, -0.2) is 0 Å². The number of halogens is 3. The van der Waals surface area contributed by atoms with Crippen molar-refractivity contribution in [3.05, 3.63) is 23.8 Å². The van der Waals surface area contributed by atoms with E-state index in [-0.39, 0.29) is 25.0 Å². The van der Waals surface area contributed by atoms with Gasteiger partial charge in [0.25, 0.3) is 0 Å². The van der Waals surface area contributed by atoms with Crippen LogP contribution < -0.4 is 9.47 Å². The Hall–Kier alpha value is -1.72. The first-order valence-corrected chi connectivity index (χ1v) is 6.15. The maximum atomic E-state index is 12.0. The second-order valence-corrected chi connectivity index (χ2v) is 4.37. The first-order valence-electron chi connectivity index (χ1n) is 6.15. The lowest BCUT2D eigenvalue weighted by Gasteiger charge is -2.09. The molecule has 0 radical (unpaired) electrons. The number of ether oxygens (including phenoxy) is 2. The highest BCUT2D eigenvalue weighted by Gasteiger charge is 2.26. The van der Waals surface area contributed by atoms with Crippen LogP contribution in [0.3, 0.4) is 0 Å². The maximum Gasteiger partial charge on any atom is 0.389 e. The van der Waals surface area contributed by atoms with E-state index in [1.54, 1.807) is 18.2 Å². The molecule has 112 valence electrons. The third-order valence-corrected chi connectivity index (χ3v) is 2.77.